The normalized spacial score (nSPS) is 13.0. The van der Waals surface area contributed by atoms with Crippen LogP contribution in [0.3, 0.4) is 0 Å². The maximum Gasteiger partial charge on any atom is 0.416 e. The largest absolute Gasteiger partial charge is 0.416 e. The fourth-order valence-electron chi connectivity index (χ4n) is 4.84. The predicted molar refractivity (Wildman–Crippen MR) is 164 cm³/mol. The molecular weight excluding hydrogens is 698 g/mol. The zero-order valence-electron chi connectivity index (χ0n) is 24.0. The minimum atomic E-state index is -4.62. The summed E-state index contributed by atoms with van der Waals surface area (Å²) in [6.45, 7) is 0. The van der Waals surface area contributed by atoms with Crippen molar-refractivity contribution in [2.24, 2.45) is 0 Å². The highest BCUT2D eigenvalue weighted by Crippen LogP contribution is 2.39. The van der Waals surface area contributed by atoms with Crippen LogP contribution in [0.1, 0.15) is 22.3 Å². The lowest BCUT2D eigenvalue weighted by Gasteiger charge is -2.23. The second-order valence-electron chi connectivity index (χ2n) is 10.4. The molecule has 5 aromatic rings. The van der Waals surface area contributed by atoms with Gasteiger partial charge in [-0.2, -0.15) is 52.7 Å². The van der Waals surface area contributed by atoms with Gasteiger partial charge in [-0.3, -0.25) is 0 Å². The molecule has 0 radical (unpaired) electrons. The Balaban J connectivity index is 1.59. The van der Waals surface area contributed by atoms with E-state index in [1.807, 2.05) is 0 Å². The molecule has 5 aromatic carbocycles. The molecule has 0 heterocycles. The Hall–Kier alpha value is -3.88. The van der Waals surface area contributed by atoms with E-state index in [0.717, 1.165) is 48.5 Å². The van der Waals surface area contributed by atoms with Crippen LogP contribution in [0, 0.1) is 0 Å². The molecule has 0 N–H and O–H groups in total. The number of benzene rings is 5. The third-order valence-electron chi connectivity index (χ3n) is 7.18. The van der Waals surface area contributed by atoms with Gasteiger partial charge in [-0.25, -0.2) is 0 Å². The summed E-state index contributed by atoms with van der Waals surface area (Å²) in [6.07, 6.45) is -18.5. The van der Waals surface area contributed by atoms with Crippen LogP contribution in [0.4, 0.5) is 52.7 Å². The summed E-state index contributed by atoms with van der Waals surface area (Å²) in [7, 11) is -3.39. The van der Waals surface area contributed by atoms with Gasteiger partial charge >= 0.3 is 24.7 Å². The van der Waals surface area contributed by atoms with Gasteiger partial charge in [-0.1, -0.05) is 72.8 Å². The van der Waals surface area contributed by atoms with Crippen LogP contribution in [-0.2, 0) is 24.7 Å². The van der Waals surface area contributed by atoms with Gasteiger partial charge in [-0.15, -0.1) is 0 Å². The van der Waals surface area contributed by atoms with Crippen molar-refractivity contribution >= 4 is 47.7 Å². The summed E-state index contributed by atoms with van der Waals surface area (Å²) in [5.74, 6) is 0. The minimum Gasteiger partial charge on any atom is -0.166 e. The Bertz CT molecular complexity index is 1570. The van der Waals surface area contributed by atoms with Gasteiger partial charge in [0.1, 0.15) is 0 Å². The second kappa shape index (κ2) is 13.2. The topological polar surface area (TPSA) is 0 Å². The smallest absolute Gasteiger partial charge is 0.166 e. The molecule has 0 aliphatic rings. The lowest BCUT2D eigenvalue weighted by atomic mass is 10.2. The van der Waals surface area contributed by atoms with Crippen LogP contribution in [0.2, 0.25) is 0 Å². The van der Waals surface area contributed by atoms with E-state index in [-0.39, 0.29) is 0 Å². The molecule has 0 atom stereocenters. The summed E-state index contributed by atoms with van der Waals surface area (Å²) in [6, 6.07) is 23.4. The molecule has 0 saturated carbocycles. The highest BCUT2D eigenvalue weighted by atomic mass is 31.1. The van der Waals surface area contributed by atoms with Gasteiger partial charge in [0, 0.05) is 0 Å². The number of hydrogen-bond donors (Lipinski definition) is 0. The van der Waals surface area contributed by atoms with Crippen molar-refractivity contribution in [2.45, 2.75) is 24.7 Å². The van der Waals surface area contributed by atoms with E-state index < -0.39 is 62.8 Å². The molecule has 0 unspecified atom stereocenters. The van der Waals surface area contributed by atoms with Crippen molar-refractivity contribution in [1.82, 2.24) is 0 Å². The first kappa shape index (κ1) is 35.4. The first-order valence-electron chi connectivity index (χ1n) is 13.7. The van der Waals surface area contributed by atoms with E-state index in [1.54, 1.807) is 24.3 Å². The predicted octanol–water partition coefficient (Wildman–Crippen LogP) is 9.28. The van der Waals surface area contributed by atoms with E-state index in [0.29, 0.717) is 31.8 Å². The average molecular weight is 718 g/mol. The van der Waals surface area contributed by atoms with Crippen molar-refractivity contribution in [3.05, 3.63) is 144 Å². The van der Waals surface area contributed by atoms with Gasteiger partial charge in [0.25, 0.3) is 0 Å². The molecule has 48 heavy (non-hydrogen) atoms. The van der Waals surface area contributed by atoms with Crippen molar-refractivity contribution in [1.29, 1.82) is 0 Å². The fraction of sp³-hybridized carbons (Fsp3) is 0.118. The summed E-state index contributed by atoms with van der Waals surface area (Å²) in [4.78, 5) is 0. The van der Waals surface area contributed by atoms with Crippen LogP contribution in [0.15, 0.2) is 121 Å². The molecule has 5 rings (SSSR count). The van der Waals surface area contributed by atoms with Crippen molar-refractivity contribution < 1.29 is 52.7 Å². The minimum absolute atomic E-state index is 0.401. The summed E-state index contributed by atoms with van der Waals surface area (Å²) < 4.78 is 159. The molecule has 0 fully saturated rings. The monoisotopic (exact) mass is 718 g/mol. The third-order valence-corrected chi connectivity index (χ3v) is 12.1. The lowest BCUT2D eigenvalue weighted by Crippen LogP contribution is -2.25. The molecular formula is C34H20F12P2. The van der Waals surface area contributed by atoms with Crippen LogP contribution >= 0.6 is 15.8 Å². The standard InChI is InChI=1S/C34H20F12P2/c35-31(36,37)21-1-9-25(10-2-21)47(26-11-3-22(4-12-26)32(38,39)40)29-17-19-30(20-18-29)48(27-13-5-23(6-14-27)33(41,42)43)28-15-7-24(8-16-28)34(44,45)46/h1-20H. The van der Waals surface area contributed by atoms with Crippen LogP contribution in [0.25, 0.3) is 0 Å². The molecule has 0 aliphatic heterocycles. The van der Waals surface area contributed by atoms with Gasteiger partial charge < -0.3 is 0 Å². The van der Waals surface area contributed by atoms with E-state index in [9.17, 15) is 52.7 Å². The first-order valence-corrected chi connectivity index (χ1v) is 16.4. The Labute approximate surface area is 268 Å². The van der Waals surface area contributed by atoms with E-state index in [2.05, 4.69) is 0 Å². The zero-order chi connectivity index (χ0) is 35.1. The van der Waals surface area contributed by atoms with Gasteiger partial charge in [0.05, 0.1) is 22.3 Å². The number of halogens is 12. The molecule has 250 valence electrons. The second-order valence-corrected chi connectivity index (χ2v) is 14.8. The third kappa shape index (κ3) is 8.04. The molecule has 0 bridgehead atoms. The zero-order valence-corrected chi connectivity index (χ0v) is 25.8. The van der Waals surface area contributed by atoms with Crippen LogP contribution in [-0.4, -0.2) is 0 Å². The van der Waals surface area contributed by atoms with Gasteiger partial charge in [-0.05, 0) is 96.2 Å². The lowest BCUT2D eigenvalue weighted by molar-refractivity contribution is -0.138. The fourth-order valence-corrected chi connectivity index (χ4v) is 9.32. The average Bonchev–Trinajstić information content (AvgIpc) is 3.01. The van der Waals surface area contributed by atoms with E-state index >= 15 is 0 Å². The summed E-state index contributed by atoms with van der Waals surface area (Å²) in [5, 5.41) is 2.67. The number of rotatable bonds is 6. The molecule has 0 aliphatic carbocycles. The Kier molecular flexibility index (Phi) is 9.74. The molecule has 0 saturated heterocycles. The molecule has 0 amide bonds. The molecule has 14 heteroatoms. The quantitative estimate of drug-likeness (QED) is 0.121. The Morgan fingerprint density at radius 1 is 0.229 bits per heavy atom. The number of hydrogen-bond acceptors (Lipinski definition) is 0. The number of alkyl halides is 12. The molecule has 0 nitrogen and oxygen atoms in total. The van der Waals surface area contributed by atoms with Gasteiger partial charge in [0.15, 0.2) is 0 Å². The van der Waals surface area contributed by atoms with E-state index in [4.69, 9.17) is 0 Å². The Morgan fingerprint density at radius 2 is 0.354 bits per heavy atom. The Morgan fingerprint density at radius 3 is 0.479 bits per heavy atom. The molecule has 0 aromatic heterocycles. The summed E-state index contributed by atoms with van der Waals surface area (Å²) >= 11 is 0. The molecule has 0 spiro atoms. The van der Waals surface area contributed by atoms with Gasteiger partial charge in [0.2, 0.25) is 0 Å². The maximum absolute atomic E-state index is 13.3. The van der Waals surface area contributed by atoms with Crippen molar-refractivity contribution in [3.63, 3.8) is 0 Å². The highest BCUT2D eigenvalue weighted by Gasteiger charge is 2.34. The van der Waals surface area contributed by atoms with Crippen LogP contribution in [0.5, 0.6) is 0 Å². The van der Waals surface area contributed by atoms with Crippen molar-refractivity contribution in [2.75, 3.05) is 0 Å². The summed E-state index contributed by atoms with van der Waals surface area (Å²) in [5.41, 5.74) is -3.66. The van der Waals surface area contributed by atoms with Crippen LogP contribution < -0.4 is 31.8 Å². The highest BCUT2D eigenvalue weighted by molar-refractivity contribution is 7.80. The van der Waals surface area contributed by atoms with E-state index in [1.165, 1.54) is 48.5 Å². The first-order chi connectivity index (χ1) is 22.3. The van der Waals surface area contributed by atoms with Crippen molar-refractivity contribution in [3.8, 4) is 0 Å². The maximum atomic E-state index is 13.3. The SMILES string of the molecule is FC(F)(F)c1ccc(P(c2ccc(P(c3ccc(C(F)(F)F)cc3)c3ccc(C(F)(F)F)cc3)cc2)c2ccc(C(F)(F)F)cc2)cc1.